The predicted molar refractivity (Wildman–Crippen MR) is 46.4 cm³/mol. The van der Waals surface area contributed by atoms with E-state index in [9.17, 15) is 12.9 Å². The van der Waals surface area contributed by atoms with Crippen molar-refractivity contribution in [3.8, 4) is 5.75 Å². The number of halogens is 3. The Morgan fingerprint density at radius 3 is 2.23 bits per heavy atom. The van der Waals surface area contributed by atoms with Crippen LogP contribution in [0.1, 0.15) is 5.56 Å². The molecule has 5 heteroatoms. The first-order chi connectivity index (χ1) is 5.95. The Morgan fingerprint density at radius 2 is 1.85 bits per heavy atom. The second-order valence-electron chi connectivity index (χ2n) is 2.80. The Kier molecular flexibility index (Phi) is 2.54. The van der Waals surface area contributed by atoms with E-state index in [1.165, 1.54) is 26.2 Å². The highest BCUT2D eigenvalue weighted by atomic mass is 19.4. The second kappa shape index (κ2) is 3.32. The van der Waals surface area contributed by atoms with Crippen molar-refractivity contribution in [1.29, 1.82) is 0 Å². The lowest BCUT2D eigenvalue weighted by Crippen LogP contribution is -2.35. The molecule has 1 nitrogen and oxygen atoms in total. The Hall–Kier alpha value is -1.13. The predicted octanol–water partition coefficient (Wildman–Crippen LogP) is 2.06. The molecule has 0 amide bonds. The molecule has 0 atom stereocenters. The van der Waals surface area contributed by atoms with Crippen molar-refractivity contribution in [2.45, 2.75) is 6.92 Å². The molecule has 0 saturated heterocycles. The van der Waals surface area contributed by atoms with E-state index in [4.69, 9.17) is 4.74 Å². The van der Waals surface area contributed by atoms with Gasteiger partial charge >= 0.3 is 6.98 Å². The Balaban J connectivity index is 3.13. The molecule has 0 heterocycles. The number of rotatable bonds is 2. The van der Waals surface area contributed by atoms with Crippen LogP contribution < -0.4 is 10.2 Å². The van der Waals surface area contributed by atoms with E-state index in [1.54, 1.807) is 0 Å². The van der Waals surface area contributed by atoms with Gasteiger partial charge in [-0.3, -0.25) is 0 Å². The molecule has 72 valence electrons. The van der Waals surface area contributed by atoms with Crippen LogP contribution in [0, 0.1) is 6.92 Å². The van der Waals surface area contributed by atoms with Crippen molar-refractivity contribution >= 4 is 12.4 Å². The highest BCUT2D eigenvalue weighted by molar-refractivity contribution is 6.74. The summed E-state index contributed by atoms with van der Waals surface area (Å²) in [6.07, 6.45) is 0. The van der Waals surface area contributed by atoms with E-state index in [0.717, 1.165) is 6.07 Å². The van der Waals surface area contributed by atoms with Crippen LogP contribution >= 0.6 is 0 Å². The van der Waals surface area contributed by atoms with Crippen LogP contribution in [0.3, 0.4) is 0 Å². The fourth-order valence-electron chi connectivity index (χ4n) is 1.14. The normalized spacial score (nSPS) is 11.5. The lowest BCUT2D eigenvalue weighted by atomic mass is 9.77. The molecule has 0 radical (unpaired) electrons. The Bertz CT molecular complexity index is 309. The van der Waals surface area contributed by atoms with E-state index in [1.807, 2.05) is 0 Å². The van der Waals surface area contributed by atoms with E-state index in [2.05, 4.69) is 0 Å². The fraction of sp³-hybridized carbons (Fsp3) is 0.250. The summed E-state index contributed by atoms with van der Waals surface area (Å²) in [5, 5.41) is 0. The van der Waals surface area contributed by atoms with Gasteiger partial charge in [0.05, 0.1) is 7.11 Å². The third-order valence-electron chi connectivity index (χ3n) is 1.83. The van der Waals surface area contributed by atoms with Gasteiger partial charge in [-0.1, -0.05) is 11.6 Å². The summed E-state index contributed by atoms with van der Waals surface area (Å²) in [6.45, 7) is -3.48. The number of hydrogen-bond donors (Lipinski definition) is 0. The van der Waals surface area contributed by atoms with Gasteiger partial charge in [0.2, 0.25) is 0 Å². The van der Waals surface area contributed by atoms with E-state index < -0.39 is 12.4 Å². The van der Waals surface area contributed by atoms with Crippen LogP contribution in [0.4, 0.5) is 12.9 Å². The number of ether oxygens (including phenoxy) is 1. The van der Waals surface area contributed by atoms with Gasteiger partial charge < -0.3 is 17.7 Å². The molecule has 0 aliphatic heterocycles. The number of aryl methyl sites for hydroxylation is 1. The Morgan fingerprint density at radius 1 is 1.23 bits per heavy atom. The Labute approximate surface area is 74.6 Å². The summed E-state index contributed by atoms with van der Waals surface area (Å²) in [5.41, 5.74) is -0.354. The van der Waals surface area contributed by atoms with Crippen molar-refractivity contribution in [3.63, 3.8) is 0 Å². The van der Waals surface area contributed by atoms with Crippen molar-refractivity contribution in [2.75, 3.05) is 7.11 Å². The highest BCUT2D eigenvalue weighted by Gasteiger charge is 2.27. The average molecular weight is 189 g/mol. The molecule has 0 aromatic heterocycles. The summed E-state index contributed by atoms with van der Waals surface area (Å²) < 4.78 is 41.7. The van der Waals surface area contributed by atoms with Gasteiger partial charge in [0.1, 0.15) is 5.75 Å². The monoisotopic (exact) mass is 189 g/mol. The molecule has 1 rings (SSSR count). The zero-order valence-corrected chi connectivity index (χ0v) is 7.35. The largest absolute Gasteiger partial charge is 0.509 e. The van der Waals surface area contributed by atoms with Crippen LogP contribution in [0.25, 0.3) is 0 Å². The van der Waals surface area contributed by atoms with Crippen LogP contribution in [0.15, 0.2) is 18.2 Å². The van der Waals surface area contributed by atoms with Crippen molar-refractivity contribution in [1.82, 2.24) is 0 Å². The first-order valence-electron chi connectivity index (χ1n) is 3.79. The first kappa shape index (κ1) is 9.96. The van der Waals surface area contributed by atoms with Crippen LogP contribution in [-0.4, -0.2) is 14.1 Å². The second-order valence-corrected chi connectivity index (χ2v) is 2.80. The molecule has 0 saturated carbocycles. The number of methoxy groups -OCH3 is 1. The molecule has 1 aromatic rings. The molecule has 0 spiro atoms. The maximum atomic E-state index is 12.3. The summed E-state index contributed by atoms with van der Waals surface area (Å²) in [4.78, 5) is 0. The molecule has 13 heavy (non-hydrogen) atoms. The summed E-state index contributed by atoms with van der Waals surface area (Å²) in [7, 11) is 1.42. The van der Waals surface area contributed by atoms with Crippen molar-refractivity contribution in [3.05, 3.63) is 23.8 Å². The molecule has 0 fully saturated rings. The molecule has 0 aliphatic rings. The highest BCUT2D eigenvalue weighted by Crippen LogP contribution is 2.16. The summed E-state index contributed by atoms with van der Waals surface area (Å²) >= 11 is 0. The minimum atomic E-state index is -4.91. The molecule has 1 aromatic carbocycles. The number of benzene rings is 1. The third-order valence-corrected chi connectivity index (χ3v) is 1.83. The lowest BCUT2D eigenvalue weighted by Gasteiger charge is -2.18. The summed E-state index contributed by atoms with van der Waals surface area (Å²) in [5.74, 6) is 0.446. The standard InChI is InChI=1S/C8H9BF3O/c1-6-5-7(13-2)3-4-8(6)9(10,11)12/h3-5H,1-2H3/q-1. The molecular formula is C8H9BF3O-. The van der Waals surface area contributed by atoms with Crippen LogP contribution in [-0.2, 0) is 0 Å². The number of hydrogen-bond acceptors (Lipinski definition) is 1. The van der Waals surface area contributed by atoms with Crippen LogP contribution in [0.5, 0.6) is 5.75 Å². The van der Waals surface area contributed by atoms with Gasteiger partial charge in [-0.15, -0.1) is 5.46 Å². The zero-order valence-electron chi connectivity index (χ0n) is 7.35. The van der Waals surface area contributed by atoms with Crippen molar-refractivity contribution < 1.29 is 17.7 Å². The third kappa shape index (κ3) is 2.17. The van der Waals surface area contributed by atoms with Gasteiger partial charge in [-0.2, -0.15) is 0 Å². The van der Waals surface area contributed by atoms with E-state index in [-0.39, 0.29) is 5.56 Å². The van der Waals surface area contributed by atoms with E-state index in [0.29, 0.717) is 5.75 Å². The molecule has 0 bridgehead atoms. The first-order valence-corrected chi connectivity index (χ1v) is 3.79. The quantitative estimate of drug-likeness (QED) is 0.647. The van der Waals surface area contributed by atoms with Gasteiger partial charge in [0.15, 0.2) is 0 Å². The molecular weight excluding hydrogens is 180 g/mol. The SMILES string of the molecule is COc1ccc([B-](F)(F)F)c(C)c1. The zero-order chi connectivity index (χ0) is 10.1. The topological polar surface area (TPSA) is 9.23 Å². The molecule has 0 N–H and O–H groups in total. The molecule has 0 aliphatic carbocycles. The minimum Gasteiger partial charge on any atom is -0.497 e. The minimum absolute atomic E-state index is 0.201. The van der Waals surface area contributed by atoms with Gasteiger partial charge in [-0.25, -0.2) is 0 Å². The lowest BCUT2D eigenvalue weighted by molar-refractivity contribution is 0.414. The fourth-order valence-corrected chi connectivity index (χ4v) is 1.14. The smallest absolute Gasteiger partial charge is 0.497 e. The molecule has 0 unspecified atom stereocenters. The van der Waals surface area contributed by atoms with Gasteiger partial charge in [-0.05, 0) is 19.1 Å². The van der Waals surface area contributed by atoms with Gasteiger partial charge in [0, 0.05) is 0 Å². The maximum absolute atomic E-state index is 12.3. The van der Waals surface area contributed by atoms with Crippen LogP contribution in [0.2, 0.25) is 0 Å². The van der Waals surface area contributed by atoms with Gasteiger partial charge in [0.25, 0.3) is 0 Å². The average Bonchev–Trinajstić information content (AvgIpc) is 2.01. The van der Waals surface area contributed by atoms with E-state index >= 15 is 0 Å². The van der Waals surface area contributed by atoms with Crippen molar-refractivity contribution in [2.24, 2.45) is 0 Å². The summed E-state index contributed by atoms with van der Waals surface area (Å²) in [6, 6.07) is 3.75. The maximum Gasteiger partial charge on any atom is 0.509 e.